The predicted octanol–water partition coefficient (Wildman–Crippen LogP) is 1.63. The molecule has 0 aliphatic carbocycles. The van der Waals surface area contributed by atoms with Crippen molar-refractivity contribution in [3.05, 3.63) is 21.9 Å². The van der Waals surface area contributed by atoms with Gasteiger partial charge in [-0.2, -0.15) is 11.3 Å². The van der Waals surface area contributed by atoms with Crippen molar-refractivity contribution in [2.24, 2.45) is 5.92 Å². The van der Waals surface area contributed by atoms with Gasteiger partial charge < -0.3 is 10.2 Å². The van der Waals surface area contributed by atoms with Crippen LogP contribution in [0, 0.1) is 12.8 Å². The number of thiophene rings is 1. The third-order valence-electron chi connectivity index (χ3n) is 3.50. The van der Waals surface area contributed by atoms with Crippen LogP contribution >= 0.6 is 11.3 Å². The highest BCUT2D eigenvalue weighted by molar-refractivity contribution is 7.90. The van der Waals surface area contributed by atoms with Gasteiger partial charge in [0, 0.05) is 25.9 Å². The number of urea groups is 1. The van der Waals surface area contributed by atoms with Gasteiger partial charge in [0.25, 0.3) is 0 Å². The summed E-state index contributed by atoms with van der Waals surface area (Å²) in [4.78, 5) is 13.7. The van der Waals surface area contributed by atoms with Crippen molar-refractivity contribution in [3.8, 4) is 0 Å². The smallest absolute Gasteiger partial charge is 0.317 e. The maximum atomic E-state index is 12.0. The summed E-state index contributed by atoms with van der Waals surface area (Å²) in [5.74, 6) is 0.235. The molecular formula is C13H20N2O3S2. The van der Waals surface area contributed by atoms with Gasteiger partial charge in [0.2, 0.25) is 0 Å². The average molecular weight is 316 g/mol. The molecule has 1 atom stereocenters. The van der Waals surface area contributed by atoms with Crippen LogP contribution in [0.5, 0.6) is 0 Å². The van der Waals surface area contributed by atoms with Crippen molar-refractivity contribution in [1.82, 2.24) is 10.2 Å². The summed E-state index contributed by atoms with van der Waals surface area (Å²) < 4.78 is 22.5. The third kappa shape index (κ3) is 4.21. The van der Waals surface area contributed by atoms with E-state index in [1.54, 1.807) is 16.2 Å². The van der Waals surface area contributed by atoms with Crippen LogP contribution in [0.1, 0.15) is 17.5 Å². The number of carbonyl (C=O) groups is 1. The van der Waals surface area contributed by atoms with Crippen molar-refractivity contribution in [3.63, 3.8) is 0 Å². The molecule has 0 bridgehead atoms. The second-order valence-corrected chi connectivity index (χ2v) is 8.36. The van der Waals surface area contributed by atoms with Crippen LogP contribution in [0.2, 0.25) is 0 Å². The zero-order valence-corrected chi connectivity index (χ0v) is 13.4. The molecule has 0 spiro atoms. The van der Waals surface area contributed by atoms with E-state index in [9.17, 15) is 13.2 Å². The fourth-order valence-electron chi connectivity index (χ4n) is 2.43. The Kier molecular flexibility index (Phi) is 4.70. The molecule has 1 aliphatic rings. The molecule has 1 N–H and O–H groups in total. The van der Waals surface area contributed by atoms with E-state index in [4.69, 9.17) is 0 Å². The largest absolute Gasteiger partial charge is 0.334 e. The van der Waals surface area contributed by atoms with Crippen molar-refractivity contribution in [2.75, 3.05) is 25.1 Å². The number of sulfone groups is 1. The Hall–Kier alpha value is -1.08. The van der Waals surface area contributed by atoms with Gasteiger partial charge in [-0.25, -0.2) is 13.2 Å². The zero-order valence-electron chi connectivity index (χ0n) is 11.8. The Balaban J connectivity index is 1.81. The number of nitrogens with zero attached hydrogens (tertiary/aromatic N) is 1. The van der Waals surface area contributed by atoms with E-state index in [1.807, 2.05) is 12.3 Å². The fraction of sp³-hybridized carbons (Fsp3) is 0.615. The number of amides is 2. The number of rotatable bonds is 4. The first-order valence-electron chi connectivity index (χ1n) is 6.57. The van der Waals surface area contributed by atoms with Gasteiger partial charge in [-0.1, -0.05) is 0 Å². The second-order valence-electron chi connectivity index (χ2n) is 5.43. The predicted molar refractivity (Wildman–Crippen MR) is 80.7 cm³/mol. The third-order valence-corrected chi connectivity index (χ3v) is 5.49. The molecule has 2 heterocycles. The number of hydrogen-bond acceptors (Lipinski definition) is 4. The monoisotopic (exact) mass is 316 g/mol. The molecule has 0 saturated carbocycles. The SMILES string of the molecule is Cc1cscc1CNC(=O)N1CCC(CS(C)(=O)=O)C1. The Morgan fingerprint density at radius 3 is 2.85 bits per heavy atom. The Morgan fingerprint density at radius 1 is 1.50 bits per heavy atom. The Labute approximate surface area is 123 Å². The highest BCUT2D eigenvalue weighted by atomic mass is 32.2. The fourth-order valence-corrected chi connectivity index (χ4v) is 4.42. The van der Waals surface area contributed by atoms with Crippen molar-refractivity contribution in [1.29, 1.82) is 0 Å². The van der Waals surface area contributed by atoms with Gasteiger partial charge in [0.05, 0.1) is 5.75 Å². The quantitative estimate of drug-likeness (QED) is 0.918. The number of hydrogen-bond donors (Lipinski definition) is 1. The molecule has 2 amide bonds. The molecule has 1 aliphatic heterocycles. The first-order chi connectivity index (χ1) is 9.35. The van der Waals surface area contributed by atoms with Crippen molar-refractivity contribution < 1.29 is 13.2 Å². The molecule has 20 heavy (non-hydrogen) atoms. The van der Waals surface area contributed by atoms with E-state index < -0.39 is 9.84 Å². The average Bonchev–Trinajstić information content (AvgIpc) is 2.93. The van der Waals surface area contributed by atoms with Crippen LogP contribution in [0.3, 0.4) is 0 Å². The lowest BCUT2D eigenvalue weighted by atomic mass is 10.2. The minimum atomic E-state index is -2.97. The summed E-state index contributed by atoms with van der Waals surface area (Å²) in [6, 6.07) is -0.105. The van der Waals surface area contributed by atoms with E-state index in [0.29, 0.717) is 19.6 Å². The van der Waals surface area contributed by atoms with Gasteiger partial charge in [-0.15, -0.1) is 0 Å². The van der Waals surface area contributed by atoms with Crippen LogP contribution < -0.4 is 5.32 Å². The summed E-state index contributed by atoms with van der Waals surface area (Å²) >= 11 is 1.63. The summed E-state index contributed by atoms with van der Waals surface area (Å²) in [5, 5.41) is 6.98. The van der Waals surface area contributed by atoms with Crippen LogP contribution in [0.25, 0.3) is 0 Å². The molecule has 112 valence electrons. The van der Waals surface area contributed by atoms with E-state index >= 15 is 0 Å². The van der Waals surface area contributed by atoms with E-state index in [-0.39, 0.29) is 17.7 Å². The van der Waals surface area contributed by atoms with Gasteiger partial charge in [-0.3, -0.25) is 0 Å². The standard InChI is InChI=1S/C13H20N2O3S2/c1-10-7-19-8-12(10)5-14-13(16)15-4-3-11(6-15)9-20(2,17)18/h7-8,11H,3-6,9H2,1-2H3,(H,14,16). The molecule has 1 aromatic rings. The molecule has 1 aromatic heterocycles. The number of nitrogens with one attached hydrogen (secondary N) is 1. The topological polar surface area (TPSA) is 66.5 Å². The van der Waals surface area contributed by atoms with Gasteiger partial charge in [-0.05, 0) is 41.1 Å². The van der Waals surface area contributed by atoms with E-state index in [0.717, 1.165) is 12.0 Å². The highest BCUT2D eigenvalue weighted by Gasteiger charge is 2.28. The second kappa shape index (κ2) is 6.13. The molecule has 1 unspecified atom stereocenters. The van der Waals surface area contributed by atoms with Crippen LogP contribution in [0.4, 0.5) is 4.79 Å². The van der Waals surface area contributed by atoms with Crippen LogP contribution in [-0.4, -0.2) is 44.4 Å². The van der Waals surface area contributed by atoms with Gasteiger partial charge in [0.15, 0.2) is 0 Å². The minimum Gasteiger partial charge on any atom is -0.334 e. The van der Waals surface area contributed by atoms with Crippen LogP contribution in [-0.2, 0) is 16.4 Å². The number of carbonyl (C=O) groups excluding carboxylic acids is 1. The normalized spacial score (nSPS) is 19.3. The summed E-state index contributed by atoms with van der Waals surface area (Å²) in [7, 11) is -2.97. The Morgan fingerprint density at radius 2 is 2.25 bits per heavy atom. The lowest BCUT2D eigenvalue weighted by molar-refractivity contribution is 0.207. The lowest BCUT2D eigenvalue weighted by Crippen LogP contribution is -2.38. The molecule has 1 fully saturated rings. The van der Waals surface area contributed by atoms with E-state index in [1.165, 1.54) is 11.8 Å². The summed E-state index contributed by atoms with van der Waals surface area (Å²) in [6.45, 7) is 3.72. The van der Waals surface area contributed by atoms with E-state index in [2.05, 4.69) is 10.7 Å². The Bertz CT molecular complexity index is 580. The van der Waals surface area contributed by atoms with Crippen molar-refractivity contribution >= 4 is 27.2 Å². The first kappa shape index (κ1) is 15.3. The maximum Gasteiger partial charge on any atom is 0.317 e. The first-order valence-corrected chi connectivity index (χ1v) is 9.57. The van der Waals surface area contributed by atoms with Crippen molar-refractivity contribution in [2.45, 2.75) is 19.9 Å². The number of likely N-dealkylation sites (tertiary alicyclic amines) is 1. The molecule has 0 radical (unpaired) electrons. The number of aryl methyl sites for hydroxylation is 1. The molecule has 0 aromatic carbocycles. The zero-order chi connectivity index (χ0) is 14.8. The van der Waals surface area contributed by atoms with Crippen LogP contribution in [0.15, 0.2) is 10.8 Å². The minimum absolute atomic E-state index is 0.0682. The lowest BCUT2D eigenvalue weighted by Gasteiger charge is -2.17. The molecule has 7 heteroatoms. The molecular weight excluding hydrogens is 296 g/mol. The molecule has 1 saturated heterocycles. The summed E-state index contributed by atoms with van der Waals surface area (Å²) in [6.07, 6.45) is 2.01. The van der Waals surface area contributed by atoms with Gasteiger partial charge >= 0.3 is 6.03 Å². The molecule has 5 nitrogen and oxygen atoms in total. The maximum absolute atomic E-state index is 12.0. The van der Waals surface area contributed by atoms with Gasteiger partial charge in [0.1, 0.15) is 9.84 Å². The summed E-state index contributed by atoms with van der Waals surface area (Å²) in [5.41, 5.74) is 2.32. The molecule has 2 rings (SSSR count). The highest BCUT2D eigenvalue weighted by Crippen LogP contribution is 2.18.